The highest BCUT2D eigenvalue weighted by Crippen LogP contribution is 2.29. The first kappa shape index (κ1) is 21.3. The fourth-order valence-electron chi connectivity index (χ4n) is 3.53. The number of carbonyl (C=O) groups is 1. The summed E-state index contributed by atoms with van der Waals surface area (Å²) >= 11 is 0. The lowest BCUT2D eigenvalue weighted by atomic mass is 10.2. The van der Waals surface area contributed by atoms with E-state index in [2.05, 4.69) is 16.3 Å². The summed E-state index contributed by atoms with van der Waals surface area (Å²) in [6.07, 6.45) is 8.11. The molecule has 1 saturated heterocycles. The van der Waals surface area contributed by atoms with Gasteiger partial charge in [-0.05, 0) is 48.7 Å². The van der Waals surface area contributed by atoms with Crippen molar-refractivity contribution >= 4 is 23.4 Å². The number of hydrogen-bond acceptors (Lipinski definition) is 5. The lowest BCUT2D eigenvalue weighted by Crippen LogP contribution is -2.25. The van der Waals surface area contributed by atoms with Crippen molar-refractivity contribution < 1.29 is 14.3 Å². The van der Waals surface area contributed by atoms with Crippen LogP contribution in [0.1, 0.15) is 31.2 Å². The molecule has 0 radical (unpaired) electrons. The Bertz CT molecular complexity index is 926. The van der Waals surface area contributed by atoms with Crippen molar-refractivity contribution in [2.45, 2.75) is 25.7 Å². The molecule has 0 bridgehead atoms. The molecule has 3 rings (SSSR count). The van der Waals surface area contributed by atoms with E-state index in [1.807, 2.05) is 30.3 Å². The number of carbonyl (C=O) groups excluding carboxylic acids is 1. The van der Waals surface area contributed by atoms with Gasteiger partial charge in [0.2, 0.25) is 5.91 Å². The number of nitrogens with one attached hydrogen (secondary N) is 1. The second kappa shape index (κ2) is 10.9. The van der Waals surface area contributed by atoms with Crippen molar-refractivity contribution in [3.8, 4) is 17.6 Å². The predicted octanol–water partition coefficient (Wildman–Crippen LogP) is 4.63. The van der Waals surface area contributed by atoms with Crippen LogP contribution in [0.5, 0.6) is 11.5 Å². The number of rotatable bonds is 7. The SMILES string of the molecule is COc1cc(/C=C/C(=O)Nc2ccccc2N2CCCCCC2)ccc1OCC#N. The molecule has 1 fully saturated rings. The van der Waals surface area contributed by atoms with Crippen molar-refractivity contribution in [2.75, 3.05) is 37.0 Å². The standard InChI is InChI=1S/C24H27N3O3/c1-29-23-18-19(10-12-22(23)30-17-14-25)11-13-24(28)26-20-8-4-5-9-21(20)27-15-6-2-3-7-16-27/h4-5,8-13,18H,2-3,6-7,15-17H2,1H3,(H,26,28)/b13-11+. The van der Waals surface area contributed by atoms with Crippen molar-refractivity contribution in [1.82, 2.24) is 0 Å². The smallest absolute Gasteiger partial charge is 0.248 e. The van der Waals surface area contributed by atoms with Gasteiger partial charge in [-0.3, -0.25) is 4.79 Å². The highest BCUT2D eigenvalue weighted by molar-refractivity contribution is 6.03. The monoisotopic (exact) mass is 405 g/mol. The van der Waals surface area contributed by atoms with E-state index in [1.54, 1.807) is 18.2 Å². The van der Waals surface area contributed by atoms with Gasteiger partial charge in [0.25, 0.3) is 0 Å². The average Bonchev–Trinajstić information content (AvgIpc) is 3.06. The number of para-hydroxylation sites is 2. The van der Waals surface area contributed by atoms with Crippen LogP contribution in [0.4, 0.5) is 11.4 Å². The van der Waals surface area contributed by atoms with E-state index >= 15 is 0 Å². The van der Waals surface area contributed by atoms with Crippen LogP contribution in [0.15, 0.2) is 48.5 Å². The fraction of sp³-hybridized carbons (Fsp3) is 0.333. The molecule has 0 atom stereocenters. The first-order valence-corrected chi connectivity index (χ1v) is 10.2. The van der Waals surface area contributed by atoms with Gasteiger partial charge >= 0.3 is 0 Å². The Morgan fingerprint density at radius 3 is 2.63 bits per heavy atom. The molecular formula is C24H27N3O3. The molecule has 2 aromatic rings. The Hall–Kier alpha value is -3.46. The van der Waals surface area contributed by atoms with E-state index < -0.39 is 0 Å². The highest BCUT2D eigenvalue weighted by Gasteiger charge is 2.14. The molecule has 1 aliphatic rings. The van der Waals surface area contributed by atoms with Gasteiger partial charge in [0.15, 0.2) is 18.1 Å². The number of nitrogens with zero attached hydrogens (tertiary/aromatic N) is 2. The second-order valence-corrected chi connectivity index (χ2v) is 7.10. The summed E-state index contributed by atoms with van der Waals surface area (Å²) < 4.78 is 10.6. The number of benzene rings is 2. The summed E-state index contributed by atoms with van der Waals surface area (Å²) in [7, 11) is 1.54. The van der Waals surface area contributed by atoms with Crippen molar-refractivity contribution in [3.63, 3.8) is 0 Å². The van der Waals surface area contributed by atoms with Gasteiger partial charge < -0.3 is 19.7 Å². The Morgan fingerprint density at radius 2 is 1.90 bits per heavy atom. The molecule has 0 spiro atoms. The molecule has 1 heterocycles. The molecule has 1 amide bonds. The maximum absolute atomic E-state index is 12.5. The van der Waals surface area contributed by atoms with Crippen LogP contribution in [-0.4, -0.2) is 32.7 Å². The average molecular weight is 405 g/mol. The zero-order valence-corrected chi connectivity index (χ0v) is 17.3. The minimum Gasteiger partial charge on any atom is -0.493 e. The van der Waals surface area contributed by atoms with Crippen molar-refractivity contribution in [1.29, 1.82) is 5.26 Å². The van der Waals surface area contributed by atoms with E-state index in [0.29, 0.717) is 11.5 Å². The lowest BCUT2D eigenvalue weighted by molar-refractivity contribution is -0.111. The number of nitriles is 1. The van der Waals surface area contributed by atoms with E-state index in [9.17, 15) is 4.79 Å². The van der Waals surface area contributed by atoms with Crippen LogP contribution < -0.4 is 19.7 Å². The van der Waals surface area contributed by atoms with Gasteiger partial charge in [-0.2, -0.15) is 5.26 Å². The Morgan fingerprint density at radius 1 is 1.13 bits per heavy atom. The van der Waals surface area contributed by atoms with E-state index in [-0.39, 0.29) is 12.5 Å². The van der Waals surface area contributed by atoms with Gasteiger partial charge in [0, 0.05) is 19.2 Å². The summed E-state index contributed by atoms with van der Waals surface area (Å²) in [5.41, 5.74) is 2.70. The molecule has 2 aromatic carbocycles. The second-order valence-electron chi connectivity index (χ2n) is 7.10. The molecule has 0 aromatic heterocycles. The normalized spacial score (nSPS) is 14.1. The maximum Gasteiger partial charge on any atom is 0.248 e. The van der Waals surface area contributed by atoms with E-state index in [0.717, 1.165) is 30.0 Å². The van der Waals surface area contributed by atoms with Crippen LogP contribution >= 0.6 is 0 Å². The summed E-state index contributed by atoms with van der Waals surface area (Å²) in [5.74, 6) is 0.812. The van der Waals surface area contributed by atoms with Crippen LogP contribution in [0.25, 0.3) is 6.08 Å². The minimum atomic E-state index is -0.193. The van der Waals surface area contributed by atoms with Gasteiger partial charge in [-0.25, -0.2) is 0 Å². The highest BCUT2D eigenvalue weighted by atomic mass is 16.5. The molecule has 0 unspecified atom stereocenters. The number of anilines is 2. The third-order valence-corrected chi connectivity index (χ3v) is 5.02. The third kappa shape index (κ3) is 5.77. The topological polar surface area (TPSA) is 74.6 Å². The molecule has 6 nitrogen and oxygen atoms in total. The fourth-order valence-corrected chi connectivity index (χ4v) is 3.53. The molecule has 6 heteroatoms. The van der Waals surface area contributed by atoms with Gasteiger partial charge in [0.05, 0.1) is 18.5 Å². The molecular weight excluding hydrogens is 378 g/mol. The zero-order chi connectivity index (χ0) is 21.2. The molecule has 1 aliphatic heterocycles. The lowest BCUT2D eigenvalue weighted by Gasteiger charge is -2.25. The predicted molar refractivity (Wildman–Crippen MR) is 119 cm³/mol. The molecule has 0 aliphatic carbocycles. The third-order valence-electron chi connectivity index (χ3n) is 5.02. The Kier molecular flexibility index (Phi) is 7.73. The van der Waals surface area contributed by atoms with Gasteiger partial charge in [-0.15, -0.1) is 0 Å². The first-order valence-electron chi connectivity index (χ1n) is 10.2. The van der Waals surface area contributed by atoms with E-state index in [4.69, 9.17) is 14.7 Å². The minimum absolute atomic E-state index is 0.0512. The van der Waals surface area contributed by atoms with E-state index in [1.165, 1.54) is 38.9 Å². The van der Waals surface area contributed by atoms with Gasteiger partial charge in [-0.1, -0.05) is 31.0 Å². The molecule has 0 saturated carbocycles. The number of methoxy groups -OCH3 is 1. The summed E-state index contributed by atoms with van der Waals surface area (Å²) in [6.45, 7) is 1.98. The van der Waals surface area contributed by atoms with Crippen LogP contribution in [0.2, 0.25) is 0 Å². The summed E-state index contributed by atoms with van der Waals surface area (Å²) in [6, 6.07) is 15.2. The summed E-state index contributed by atoms with van der Waals surface area (Å²) in [4.78, 5) is 14.9. The molecule has 1 N–H and O–H groups in total. The van der Waals surface area contributed by atoms with Crippen molar-refractivity contribution in [2.24, 2.45) is 0 Å². The largest absolute Gasteiger partial charge is 0.493 e. The zero-order valence-electron chi connectivity index (χ0n) is 17.3. The molecule has 30 heavy (non-hydrogen) atoms. The van der Waals surface area contributed by atoms with Crippen LogP contribution in [-0.2, 0) is 4.79 Å². The van der Waals surface area contributed by atoms with Crippen molar-refractivity contribution in [3.05, 3.63) is 54.1 Å². The van der Waals surface area contributed by atoms with Crippen LogP contribution in [0.3, 0.4) is 0 Å². The maximum atomic E-state index is 12.5. The summed E-state index contributed by atoms with van der Waals surface area (Å²) in [5, 5.41) is 11.7. The number of ether oxygens (including phenoxy) is 2. The van der Waals surface area contributed by atoms with Crippen LogP contribution in [0, 0.1) is 11.3 Å². The number of amides is 1. The number of hydrogen-bond donors (Lipinski definition) is 1. The van der Waals surface area contributed by atoms with Gasteiger partial charge in [0.1, 0.15) is 6.07 Å². The quantitative estimate of drug-likeness (QED) is 0.680. The Balaban J connectivity index is 1.69. The first-order chi connectivity index (χ1) is 14.7. The molecule has 156 valence electrons. The Labute approximate surface area is 177 Å².